The fourth-order valence-corrected chi connectivity index (χ4v) is 16.1. The Labute approximate surface area is 459 Å². The zero-order valence-electron chi connectivity index (χ0n) is 46.4. The molecular formula is C55H86O24. The van der Waals surface area contributed by atoms with Crippen molar-refractivity contribution in [2.75, 3.05) is 26.4 Å². The molecule has 0 bridgehead atoms. The predicted molar refractivity (Wildman–Crippen MR) is 269 cm³/mol. The third kappa shape index (κ3) is 10.0. The number of carboxylic acid groups (broad SMARTS) is 1. The second-order valence-corrected chi connectivity index (χ2v) is 25.6. The molecule has 24 heteroatoms. The van der Waals surface area contributed by atoms with E-state index in [0.717, 1.165) is 5.57 Å². The van der Waals surface area contributed by atoms with E-state index in [4.69, 9.17) is 37.9 Å². The third-order valence-corrected chi connectivity index (χ3v) is 21.0. The number of hydrogen-bond donors (Lipinski definition) is 13. The number of carbonyl (C=O) groups is 3. The topological polar surface area (TPSA) is 388 Å². The van der Waals surface area contributed by atoms with Gasteiger partial charge in [0.25, 0.3) is 0 Å². The molecule has 8 aliphatic rings. The summed E-state index contributed by atoms with van der Waals surface area (Å²) < 4.78 is 47.7. The van der Waals surface area contributed by atoms with Gasteiger partial charge in [0.15, 0.2) is 25.0 Å². The summed E-state index contributed by atoms with van der Waals surface area (Å²) in [5, 5.41) is 144. The lowest BCUT2D eigenvalue weighted by atomic mass is 9.33. The number of ether oxygens (including phenoxy) is 8. The average Bonchev–Trinajstić information content (AvgIpc) is 3.39. The Balaban J connectivity index is 1.11. The number of carboxylic acids is 1. The van der Waals surface area contributed by atoms with Crippen molar-refractivity contribution < 1.29 is 119 Å². The van der Waals surface area contributed by atoms with Crippen LogP contribution in [-0.2, 0) is 52.3 Å². The van der Waals surface area contributed by atoms with Crippen molar-refractivity contribution in [3.05, 3.63) is 23.3 Å². The van der Waals surface area contributed by atoms with Crippen LogP contribution in [0.2, 0.25) is 0 Å². The standard InChI is InChI=1S/C55H86O24/c1-10-23(2)46(71)79-44-43(68)55(22-72-24(3)59)26(17-50(44,4)5)25-11-12-30-51(6)15-14-32(52(7,21-58)29(51)13-16-53(30,8)54(25,9)18-31(55)60)75-49-41(77-48-38(66)36(64)34(62)28(20-57)74-48)39(67)40(42(78-49)45(69)70)76-47-37(65)35(63)33(61)27(19-56)73-47/h10-11,26-44,47-49,56-58,60-68H,12-22H2,1-9H3,(H,69,70)/t26?,27?,28?,29?,30?,31?,32?,33?,34?,35?,36?,37?,38?,39?,40?,41?,42?,43?,44?,47?,48?,49?,51-,52+,53+,54+,55-/m0/s1. The van der Waals surface area contributed by atoms with E-state index >= 15 is 0 Å². The van der Waals surface area contributed by atoms with Gasteiger partial charge in [0.05, 0.1) is 37.4 Å². The highest BCUT2D eigenvalue weighted by molar-refractivity contribution is 5.87. The summed E-state index contributed by atoms with van der Waals surface area (Å²) in [5.41, 5.74) is -3.78. The number of esters is 2. The van der Waals surface area contributed by atoms with Crippen LogP contribution in [0.3, 0.4) is 0 Å². The molecule has 0 aromatic rings. The Morgan fingerprint density at radius 1 is 0.696 bits per heavy atom. The van der Waals surface area contributed by atoms with Crippen molar-refractivity contribution in [2.45, 2.75) is 224 Å². The summed E-state index contributed by atoms with van der Waals surface area (Å²) in [5.74, 6) is -3.82. The maximum Gasteiger partial charge on any atom is 0.335 e. The Kier molecular flexibility index (Phi) is 17.8. The molecule has 0 aromatic carbocycles. The van der Waals surface area contributed by atoms with Gasteiger partial charge < -0.3 is 104 Å². The second-order valence-electron chi connectivity index (χ2n) is 25.6. The van der Waals surface area contributed by atoms with Gasteiger partial charge >= 0.3 is 17.9 Å². The number of allylic oxidation sites excluding steroid dienone is 3. The highest BCUT2D eigenvalue weighted by atomic mass is 16.8. The lowest BCUT2D eigenvalue weighted by Gasteiger charge is -2.72. The van der Waals surface area contributed by atoms with Crippen LogP contribution in [0.15, 0.2) is 23.3 Å². The van der Waals surface area contributed by atoms with Crippen molar-refractivity contribution in [1.29, 1.82) is 0 Å². The number of aliphatic hydroxyl groups is 12. The molecule has 3 heterocycles. The van der Waals surface area contributed by atoms with E-state index in [1.54, 1.807) is 19.9 Å². The van der Waals surface area contributed by atoms with Gasteiger partial charge in [0, 0.05) is 23.3 Å². The maximum atomic E-state index is 13.3. The number of aliphatic carboxylic acids is 1. The zero-order valence-corrected chi connectivity index (χ0v) is 46.4. The molecule has 8 rings (SSSR count). The first-order chi connectivity index (χ1) is 36.9. The summed E-state index contributed by atoms with van der Waals surface area (Å²) in [6, 6.07) is 0. The van der Waals surface area contributed by atoms with E-state index in [0.29, 0.717) is 37.7 Å². The SMILES string of the molecule is CC=C(C)C(=O)OC1C(O)[C@]2(COC(C)=O)C(O)C[C@]3(C)C(=CCC4[C@@]5(C)CCC(OC6OC(C(=O)O)C(OC7OC(CO)C(O)C(O)C7O)C(O)C6OC6OC(CO)C(O)C(O)C6O)[C@](C)(CO)C5CC[C@]43C)C2CC1(C)C. The Hall–Kier alpha value is -2.83. The van der Waals surface area contributed by atoms with E-state index in [-0.39, 0.29) is 31.3 Å². The number of carbonyl (C=O) groups excluding carboxylic acids is 2. The molecule has 0 spiro atoms. The molecule has 0 radical (unpaired) electrons. The molecule has 0 amide bonds. The van der Waals surface area contributed by atoms with Crippen molar-refractivity contribution >= 4 is 17.9 Å². The fraction of sp³-hybridized carbons (Fsp3) is 0.873. The molecule has 3 aliphatic heterocycles. The van der Waals surface area contributed by atoms with Crippen LogP contribution >= 0.6 is 0 Å². The Morgan fingerprint density at radius 3 is 1.81 bits per heavy atom. The van der Waals surface area contributed by atoms with E-state index in [9.17, 15) is 80.8 Å². The zero-order chi connectivity index (χ0) is 58.4. The molecule has 13 N–H and O–H groups in total. The van der Waals surface area contributed by atoms with Gasteiger partial charge in [-0.05, 0) is 92.8 Å². The minimum absolute atomic E-state index is 0.0849. The van der Waals surface area contributed by atoms with Gasteiger partial charge in [-0.1, -0.05) is 59.3 Å². The smallest absolute Gasteiger partial charge is 0.335 e. The molecule has 24 nitrogen and oxygen atoms in total. The molecule has 27 atom stereocenters. The molecule has 5 aliphatic carbocycles. The predicted octanol–water partition coefficient (Wildman–Crippen LogP) is -1.32. The molecule has 0 aromatic heterocycles. The van der Waals surface area contributed by atoms with Gasteiger partial charge in [-0.3, -0.25) is 4.79 Å². The largest absolute Gasteiger partial charge is 0.479 e. The molecule has 22 unspecified atom stereocenters. The summed E-state index contributed by atoms with van der Waals surface area (Å²) >= 11 is 0. The van der Waals surface area contributed by atoms with Crippen molar-refractivity contribution in [1.82, 2.24) is 0 Å². The van der Waals surface area contributed by atoms with Crippen LogP contribution in [-0.4, -0.2) is 227 Å². The molecule has 450 valence electrons. The maximum absolute atomic E-state index is 13.3. The Bertz CT molecular complexity index is 2290. The number of hydrogen-bond acceptors (Lipinski definition) is 23. The summed E-state index contributed by atoms with van der Waals surface area (Å²) in [6.07, 6.45) is -26.8. The normalized spacial score (nSPS) is 50.6. The van der Waals surface area contributed by atoms with Gasteiger partial charge in [-0.25, -0.2) is 9.59 Å². The van der Waals surface area contributed by atoms with Crippen molar-refractivity contribution in [3.8, 4) is 0 Å². The van der Waals surface area contributed by atoms with E-state index in [1.807, 2.05) is 20.8 Å². The van der Waals surface area contributed by atoms with E-state index in [1.165, 1.54) is 6.92 Å². The van der Waals surface area contributed by atoms with Crippen molar-refractivity contribution in [3.63, 3.8) is 0 Å². The fourth-order valence-electron chi connectivity index (χ4n) is 16.1. The minimum atomic E-state index is -2.18. The molecule has 3 saturated heterocycles. The first kappa shape index (κ1) is 62.2. The molecule has 7 fully saturated rings. The highest BCUT2D eigenvalue weighted by Gasteiger charge is 2.74. The summed E-state index contributed by atoms with van der Waals surface area (Å²) in [6.45, 7) is 14.3. The first-order valence-corrected chi connectivity index (χ1v) is 27.7. The van der Waals surface area contributed by atoms with Crippen LogP contribution in [0.5, 0.6) is 0 Å². The van der Waals surface area contributed by atoms with Crippen LogP contribution in [0.4, 0.5) is 0 Å². The lowest BCUT2D eigenvalue weighted by Crippen LogP contribution is -2.72. The van der Waals surface area contributed by atoms with Crippen molar-refractivity contribution in [2.24, 2.45) is 50.2 Å². The molecule has 4 saturated carbocycles. The lowest BCUT2D eigenvalue weighted by molar-refractivity contribution is -0.392. The van der Waals surface area contributed by atoms with Crippen LogP contribution in [0, 0.1) is 50.2 Å². The first-order valence-electron chi connectivity index (χ1n) is 27.7. The number of aliphatic hydroxyl groups excluding tert-OH is 12. The molecule has 79 heavy (non-hydrogen) atoms. The van der Waals surface area contributed by atoms with Gasteiger partial charge in [-0.15, -0.1) is 0 Å². The van der Waals surface area contributed by atoms with Gasteiger partial charge in [-0.2, -0.15) is 0 Å². The second kappa shape index (κ2) is 22.6. The van der Waals surface area contributed by atoms with Crippen LogP contribution in [0.1, 0.15) is 107 Å². The van der Waals surface area contributed by atoms with Gasteiger partial charge in [0.1, 0.15) is 86.0 Å². The minimum Gasteiger partial charge on any atom is -0.479 e. The molecular weight excluding hydrogens is 1040 g/mol. The third-order valence-electron chi connectivity index (χ3n) is 21.0. The van der Waals surface area contributed by atoms with Crippen LogP contribution in [0.25, 0.3) is 0 Å². The highest BCUT2D eigenvalue weighted by Crippen LogP contribution is 2.76. The number of rotatable bonds is 14. The summed E-state index contributed by atoms with van der Waals surface area (Å²) in [4.78, 5) is 39.0. The van der Waals surface area contributed by atoms with E-state index < -0.39 is 193 Å². The average molecular weight is 1130 g/mol. The number of fused-ring (bicyclic) bond motifs is 7. The monoisotopic (exact) mass is 1130 g/mol. The summed E-state index contributed by atoms with van der Waals surface area (Å²) in [7, 11) is 0. The quantitative estimate of drug-likeness (QED) is 0.0415. The van der Waals surface area contributed by atoms with Gasteiger partial charge in [0.2, 0.25) is 0 Å². The van der Waals surface area contributed by atoms with E-state index in [2.05, 4.69) is 26.8 Å². The van der Waals surface area contributed by atoms with Crippen LogP contribution < -0.4 is 0 Å². The Morgan fingerprint density at radius 2 is 1.28 bits per heavy atom.